The topological polar surface area (TPSA) is 167 Å². The summed E-state index contributed by atoms with van der Waals surface area (Å²) in [5, 5.41) is 24.5. The summed E-state index contributed by atoms with van der Waals surface area (Å²) in [6.07, 6.45) is -1.66. The van der Waals surface area contributed by atoms with Crippen molar-refractivity contribution >= 4 is 23.7 Å². The summed E-state index contributed by atoms with van der Waals surface area (Å²) in [5.74, 6) is -4.13. The number of rotatable bonds is 4. The van der Waals surface area contributed by atoms with Gasteiger partial charge in [-0.2, -0.15) is 0 Å². The molecule has 12 nitrogen and oxygen atoms in total. The van der Waals surface area contributed by atoms with E-state index >= 15 is 4.79 Å². The van der Waals surface area contributed by atoms with Crippen molar-refractivity contribution < 1.29 is 57.8 Å². The molecule has 2 saturated heterocycles. The number of esters is 3. The van der Waals surface area contributed by atoms with E-state index in [-0.39, 0.29) is 37.4 Å². The SMILES string of the molecule is CC(=O)O[C@H]1OC[C@@]23[C@H]4C(=O)[C@H](OC(C)=O)[C@@]5(C)[C@H](C6C=COC6)C[C@H]6O[C@@]65[C@]4(C)[C@H](O)C[C@H]2[C@]1(C)[C@H](OC(C)=O)C[C@@H]3O. The average Bonchev–Trinajstić information content (AvgIpc) is 3.29. The number of carbonyl (C=O) groups excluding carboxylic acids is 4. The lowest BCUT2D eigenvalue weighted by Crippen LogP contribution is -2.82. The molecular weight excluding hydrogens is 576 g/mol. The lowest BCUT2D eigenvalue weighted by molar-refractivity contribution is -0.374. The molecule has 4 aliphatic carbocycles. The smallest absolute Gasteiger partial charge is 0.304 e. The zero-order valence-corrected chi connectivity index (χ0v) is 25.9. The number of ketones is 1. The third-order valence-corrected chi connectivity index (χ3v) is 13.2. The lowest BCUT2D eigenvalue weighted by Gasteiger charge is -2.73. The Kier molecular flexibility index (Phi) is 6.34. The van der Waals surface area contributed by atoms with Crippen LogP contribution >= 0.6 is 0 Å². The Hall–Kier alpha value is -2.54. The van der Waals surface area contributed by atoms with Gasteiger partial charge in [0.25, 0.3) is 0 Å². The van der Waals surface area contributed by atoms with Crippen molar-refractivity contribution in [1.82, 2.24) is 0 Å². The second-order valence-electron chi connectivity index (χ2n) is 14.8. The van der Waals surface area contributed by atoms with Crippen LogP contribution in [0.2, 0.25) is 0 Å². The Morgan fingerprint density at radius 2 is 1.59 bits per heavy atom. The molecule has 4 saturated carbocycles. The molecule has 0 amide bonds. The Labute approximate surface area is 255 Å². The van der Waals surface area contributed by atoms with Crippen LogP contribution in [-0.4, -0.2) is 89.5 Å². The normalized spacial score (nSPS) is 54.6. The molecule has 7 aliphatic rings. The monoisotopic (exact) mass is 618 g/mol. The van der Waals surface area contributed by atoms with Gasteiger partial charge in [0, 0.05) is 55.3 Å². The first-order chi connectivity index (χ1) is 20.6. The fourth-order valence-electron chi connectivity index (χ4n) is 11.6. The largest absolute Gasteiger partial charge is 0.501 e. The predicted octanol–water partition coefficient (Wildman–Crippen LogP) is 1.44. The Morgan fingerprint density at radius 3 is 2.20 bits per heavy atom. The van der Waals surface area contributed by atoms with Gasteiger partial charge >= 0.3 is 17.9 Å². The third kappa shape index (κ3) is 3.28. The second-order valence-corrected chi connectivity index (χ2v) is 14.8. The van der Waals surface area contributed by atoms with E-state index in [1.165, 1.54) is 20.8 Å². The minimum atomic E-state index is -1.30. The highest BCUT2D eigenvalue weighted by molar-refractivity contribution is 5.92. The van der Waals surface area contributed by atoms with Crippen LogP contribution in [0, 0.1) is 45.3 Å². The predicted molar refractivity (Wildman–Crippen MR) is 147 cm³/mol. The molecule has 44 heavy (non-hydrogen) atoms. The van der Waals surface area contributed by atoms with Crippen LogP contribution in [0.4, 0.5) is 0 Å². The number of hydrogen-bond acceptors (Lipinski definition) is 12. The van der Waals surface area contributed by atoms with Gasteiger partial charge in [0.15, 0.2) is 11.9 Å². The van der Waals surface area contributed by atoms with E-state index in [2.05, 4.69) is 0 Å². The van der Waals surface area contributed by atoms with Crippen LogP contribution < -0.4 is 0 Å². The van der Waals surface area contributed by atoms with Crippen LogP contribution in [0.15, 0.2) is 12.3 Å². The summed E-state index contributed by atoms with van der Waals surface area (Å²) in [5.41, 5.74) is -5.78. The highest BCUT2D eigenvalue weighted by Crippen LogP contribution is 2.82. The van der Waals surface area contributed by atoms with Crippen molar-refractivity contribution in [2.45, 2.75) is 103 Å². The molecule has 15 atom stereocenters. The fraction of sp³-hybridized carbons (Fsp3) is 0.812. The van der Waals surface area contributed by atoms with Gasteiger partial charge in [-0.15, -0.1) is 0 Å². The summed E-state index contributed by atoms with van der Waals surface area (Å²) < 4.78 is 35.8. The van der Waals surface area contributed by atoms with Crippen molar-refractivity contribution in [1.29, 1.82) is 0 Å². The number of hydrogen-bond donors (Lipinski definition) is 2. The maximum Gasteiger partial charge on any atom is 0.304 e. The number of fused-ring (bicyclic) bond motifs is 1. The van der Waals surface area contributed by atoms with Gasteiger partial charge < -0.3 is 38.6 Å². The van der Waals surface area contributed by atoms with Crippen LogP contribution in [0.5, 0.6) is 0 Å². The number of aliphatic hydroxyl groups is 2. The third-order valence-electron chi connectivity index (χ3n) is 13.2. The maximum atomic E-state index is 15.2. The van der Waals surface area contributed by atoms with Crippen LogP contribution in [-0.2, 0) is 47.6 Å². The number of Topliss-reactive ketones (excluding diaryl/α,β-unsaturated/α-hetero) is 1. The molecule has 7 rings (SSSR count). The molecule has 3 aliphatic heterocycles. The summed E-state index contributed by atoms with van der Waals surface area (Å²) in [4.78, 5) is 52.3. The van der Waals surface area contributed by atoms with E-state index in [0.717, 1.165) is 0 Å². The van der Waals surface area contributed by atoms with Crippen molar-refractivity contribution in [2.75, 3.05) is 13.2 Å². The zero-order valence-electron chi connectivity index (χ0n) is 25.9. The Balaban J connectivity index is 1.42. The summed E-state index contributed by atoms with van der Waals surface area (Å²) in [6, 6.07) is 0. The van der Waals surface area contributed by atoms with Gasteiger partial charge in [-0.25, -0.2) is 0 Å². The summed E-state index contributed by atoms with van der Waals surface area (Å²) in [7, 11) is 0. The van der Waals surface area contributed by atoms with Gasteiger partial charge in [0.1, 0.15) is 11.7 Å². The molecular formula is C32H42O12. The highest BCUT2D eigenvalue weighted by Gasteiger charge is 2.92. The summed E-state index contributed by atoms with van der Waals surface area (Å²) in [6.45, 7) is 9.62. The van der Waals surface area contributed by atoms with Gasteiger partial charge in [-0.1, -0.05) is 13.8 Å². The standard InChI is InChI=1S/C32H42O12/c1-14(33)41-22-11-21(37)31-13-40-27(43-16(3)35)28(22,4)19(31)10-20(36)30(6)25(31)24(38)26(42-15(2)34)29(5)18(17-7-8-39-12-17)9-23-32(29,30)44-23/h7-8,17-23,25-27,36-37H,9-13H2,1-6H3/t17?,18-,19-,20+,21-,22+,23+,25-,26-,27+,28+,29+,30+,31+,32-/m0/s1. The number of aliphatic hydroxyl groups excluding tert-OH is 2. The molecule has 0 radical (unpaired) electrons. The first-order valence-corrected chi connectivity index (χ1v) is 15.6. The van der Waals surface area contributed by atoms with Gasteiger partial charge in [0.05, 0.1) is 43.2 Å². The molecule has 0 aromatic rings. The quantitative estimate of drug-likeness (QED) is 0.265. The molecule has 1 unspecified atom stereocenters. The molecule has 3 heterocycles. The molecule has 0 aromatic carbocycles. The number of ether oxygens (including phenoxy) is 6. The molecule has 1 spiro atoms. The molecule has 2 bridgehead atoms. The van der Waals surface area contributed by atoms with Crippen molar-refractivity contribution in [3.63, 3.8) is 0 Å². The molecule has 12 heteroatoms. The van der Waals surface area contributed by atoms with Crippen molar-refractivity contribution in [3.05, 3.63) is 12.3 Å². The lowest BCUT2D eigenvalue weighted by atomic mass is 9.33. The van der Waals surface area contributed by atoms with Gasteiger partial charge in [-0.3, -0.25) is 19.2 Å². The Bertz CT molecular complexity index is 1350. The van der Waals surface area contributed by atoms with Gasteiger partial charge in [0.2, 0.25) is 6.29 Å². The highest BCUT2D eigenvalue weighted by atomic mass is 16.7. The van der Waals surface area contributed by atoms with E-state index < -0.39 is 93.5 Å². The van der Waals surface area contributed by atoms with Crippen LogP contribution in [0.25, 0.3) is 0 Å². The van der Waals surface area contributed by atoms with E-state index in [9.17, 15) is 24.6 Å². The molecule has 6 fully saturated rings. The molecule has 242 valence electrons. The van der Waals surface area contributed by atoms with E-state index in [4.69, 9.17) is 28.4 Å². The minimum Gasteiger partial charge on any atom is -0.501 e. The molecule has 2 N–H and O–H groups in total. The average molecular weight is 619 g/mol. The zero-order chi connectivity index (χ0) is 31.8. The maximum absolute atomic E-state index is 15.2. The molecule has 0 aromatic heterocycles. The van der Waals surface area contributed by atoms with Gasteiger partial charge in [-0.05, 0) is 37.7 Å². The van der Waals surface area contributed by atoms with Crippen LogP contribution in [0.1, 0.15) is 60.8 Å². The summed E-state index contributed by atoms with van der Waals surface area (Å²) >= 11 is 0. The minimum absolute atomic E-state index is 0.0384. The van der Waals surface area contributed by atoms with E-state index in [1.54, 1.807) is 13.2 Å². The number of epoxide rings is 1. The first-order valence-electron chi connectivity index (χ1n) is 15.6. The van der Waals surface area contributed by atoms with E-state index in [0.29, 0.717) is 13.0 Å². The van der Waals surface area contributed by atoms with Crippen molar-refractivity contribution in [3.8, 4) is 0 Å². The van der Waals surface area contributed by atoms with E-state index in [1.807, 2.05) is 19.9 Å². The van der Waals surface area contributed by atoms with Crippen molar-refractivity contribution in [2.24, 2.45) is 45.3 Å². The first kappa shape index (κ1) is 30.1. The number of carbonyl (C=O) groups is 4. The van der Waals surface area contributed by atoms with Crippen LogP contribution in [0.3, 0.4) is 0 Å². The second kappa shape index (κ2) is 9.27. The fourth-order valence-corrected chi connectivity index (χ4v) is 11.6. The Morgan fingerprint density at radius 1 is 0.909 bits per heavy atom.